The van der Waals surface area contributed by atoms with E-state index in [1.54, 1.807) is 18.8 Å². The molecule has 0 aromatic carbocycles. The highest BCUT2D eigenvalue weighted by Gasteiger charge is 2.08. The number of rotatable bonds is 1. The standard InChI is InChI=1S/C11H14N4S/c1-7-5-9(11(12-3)16-4)14-15-6-8(2)13-10(7)15/h5-6H,1-4H3. The van der Waals surface area contributed by atoms with Crippen LogP contribution < -0.4 is 0 Å². The first-order valence-corrected chi connectivity index (χ1v) is 6.23. The first-order valence-electron chi connectivity index (χ1n) is 5.00. The van der Waals surface area contributed by atoms with Gasteiger partial charge in [0.15, 0.2) is 5.65 Å². The summed E-state index contributed by atoms with van der Waals surface area (Å²) in [6, 6.07) is 2.03. The number of aromatic nitrogens is 3. The van der Waals surface area contributed by atoms with E-state index in [2.05, 4.69) is 15.1 Å². The molecule has 0 N–H and O–H groups in total. The Morgan fingerprint density at radius 3 is 2.81 bits per heavy atom. The van der Waals surface area contributed by atoms with Gasteiger partial charge in [-0.1, -0.05) is 0 Å². The summed E-state index contributed by atoms with van der Waals surface area (Å²) in [5, 5.41) is 5.44. The van der Waals surface area contributed by atoms with Gasteiger partial charge in [-0.15, -0.1) is 11.8 Å². The van der Waals surface area contributed by atoms with E-state index < -0.39 is 0 Å². The number of thioether (sulfide) groups is 1. The summed E-state index contributed by atoms with van der Waals surface area (Å²) < 4.78 is 1.82. The van der Waals surface area contributed by atoms with Crippen molar-refractivity contribution in [2.45, 2.75) is 13.8 Å². The zero-order valence-corrected chi connectivity index (χ0v) is 10.7. The second-order valence-electron chi connectivity index (χ2n) is 3.60. The average molecular weight is 234 g/mol. The van der Waals surface area contributed by atoms with Crippen LogP contribution in [0.1, 0.15) is 17.0 Å². The lowest BCUT2D eigenvalue weighted by Gasteiger charge is -2.04. The van der Waals surface area contributed by atoms with Crippen LogP contribution in [0.3, 0.4) is 0 Å². The molecular formula is C11H14N4S. The largest absolute Gasteiger partial charge is 0.279 e. The molecule has 0 radical (unpaired) electrons. The zero-order chi connectivity index (χ0) is 11.7. The average Bonchev–Trinajstić information content (AvgIpc) is 2.61. The van der Waals surface area contributed by atoms with Gasteiger partial charge in [0.1, 0.15) is 10.7 Å². The molecule has 0 aliphatic heterocycles. The molecule has 16 heavy (non-hydrogen) atoms. The van der Waals surface area contributed by atoms with Crippen molar-refractivity contribution in [1.82, 2.24) is 14.6 Å². The molecular weight excluding hydrogens is 220 g/mol. The number of aliphatic imine (C=N–C) groups is 1. The maximum atomic E-state index is 4.50. The van der Waals surface area contributed by atoms with E-state index >= 15 is 0 Å². The Morgan fingerprint density at radius 2 is 2.19 bits per heavy atom. The van der Waals surface area contributed by atoms with Crippen LogP contribution in [0.15, 0.2) is 17.3 Å². The van der Waals surface area contributed by atoms with E-state index in [4.69, 9.17) is 0 Å². The van der Waals surface area contributed by atoms with Gasteiger partial charge in [0.2, 0.25) is 0 Å². The molecule has 2 heterocycles. The maximum Gasteiger partial charge on any atom is 0.156 e. The van der Waals surface area contributed by atoms with Crippen LogP contribution in [0.2, 0.25) is 0 Å². The third-order valence-electron chi connectivity index (χ3n) is 2.35. The second kappa shape index (κ2) is 4.25. The molecule has 84 valence electrons. The van der Waals surface area contributed by atoms with Crippen LogP contribution in [0, 0.1) is 13.8 Å². The fourth-order valence-corrected chi connectivity index (χ4v) is 2.15. The second-order valence-corrected chi connectivity index (χ2v) is 4.39. The number of hydrogen-bond donors (Lipinski definition) is 0. The summed E-state index contributed by atoms with van der Waals surface area (Å²) in [5.41, 5.74) is 3.91. The fraction of sp³-hybridized carbons (Fsp3) is 0.364. The molecule has 0 atom stereocenters. The number of fused-ring (bicyclic) bond motifs is 1. The van der Waals surface area contributed by atoms with E-state index in [0.29, 0.717) is 0 Å². The molecule has 2 aromatic heterocycles. The van der Waals surface area contributed by atoms with Gasteiger partial charge < -0.3 is 0 Å². The van der Waals surface area contributed by atoms with Crippen LogP contribution in [0.25, 0.3) is 5.65 Å². The Bertz CT molecular complexity index is 556. The van der Waals surface area contributed by atoms with Crippen molar-refractivity contribution in [1.29, 1.82) is 0 Å². The van der Waals surface area contributed by atoms with E-state index in [1.165, 1.54) is 0 Å². The fourth-order valence-electron chi connectivity index (χ4n) is 1.66. The third-order valence-corrected chi connectivity index (χ3v) is 3.12. The summed E-state index contributed by atoms with van der Waals surface area (Å²) in [5.74, 6) is 0. The quantitative estimate of drug-likeness (QED) is 0.560. The van der Waals surface area contributed by atoms with E-state index in [9.17, 15) is 0 Å². The van der Waals surface area contributed by atoms with Gasteiger partial charge in [-0.05, 0) is 31.7 Å². The van der Waals surface area contributed by atoms with Crippen LogP contribution in [-0.4, -0.2) is 32.9 Å². The molecule has 5 heteroatoms. The number of nitrogens with zero attached hydrogens (tertiary/aromatic N) is 4. The molecule has 0 saturated heterocycles. The van der Waals surface area contributed by atoms with E-state index in [1.807, 2.05) is 36.9 Å². The zero-order valence-electron chi connectivity index (χ0n) is 9.85. The van der Waals surface area contributed by atoms with E-state index in [0.717, 1.165) is 27.6 Å². The molecule has 0 aliphatic rings. The normalized spacial score (nSPS) is 12.4. The molecule has 0 unspecified atom stereocenters. The van der Waals surface area contributed by atoms with Crippen LogP contribution in [-0.2, 0) is 0 Å². The number of aryl methyl sites for hydroxylation is 2. The summed E-state index contributed by atoms with van der Waals surface area (Å²) in [4.78, 5) is 8.63. The molecule has 0 amide bonds. The minimum absolute atomic E-state index is 0.900. The van der Waals surface area contributed by atoms with Gasteiger partial charge in [-0.25, -0.2) is 9.50 Å². The van der Waals surface area contributed by atoms with Crippen LogP contribution >= 0.6 is 11.8 Å². The molecule has 0 aliphatic carbocycles. The molecule has 0 spiro atoms. The molecule has 2 aromatic rings. The van der Waals surface area contributed by atoms with Crippen molar-refractivity contribution in [3.05, 3.63) is 29.2 Å². The van der Waals surface area contributed by atoms with E-state index in [-0.39, 0.29) is 0 Å². The topological polar surface area (TPSA) is 42.5 Å². The lowest BCUT2D eigenvalue weighted by atomic mass is 10.3. The van der Waals surface area contributed by atoms with Gasteiger partial charge in [0.05, 0.1) is 11.9 Å². The highest BCUT2D eigenvalue weighted by Crippen LogP contribution is 2.14. The summed E-state index contributed by atoms with van der Waals surface area (Å²) in [6.45, 7) is 4.01. The van der Waals surface area contributed by atoms with Gasteiger partial charge in [0, 0.05) is 7.05 Å². The Hall–Kier alpha value is -1.36. The number of imidazole rings is 1. The lowest BCUT2D eigenvalue weighted by Crippen LogP contribution is -2.04. The minimum atomic E-state index is 0.900. The van der Waals surface area contributed by atoms with Crippen molar-refractivity contribution >= 4 is 22.5 Å². The third kappa shape index (κ3) is 1.82. The van der Waals surface area contributed by atoms with Gasteiger partial charge in [-0.3, -0.25) is 4.99 Å². The monoisotopic (exact) mass is 234 g/mol. The number of hydrogen-bond acceptors (Lipinski definition) is 4. The highest BCUT2D eigenvalue weighted by atomic mass is 32.2. The molecule has 0 fully saturated rings. The highest BCUT2D eigenvalue weighted by molar-refractivity contribution is 8.13. The Balaban J connectivity index is 2.65. The molecule has 0 bridgehead atoms. The van der Waals surface area contributed by atoms with Crippen LogP contribution in [0.5, 0.6) is 0 Å². The van der Waals surface area contributed by atoms with Gasteiger partial charge in [0.25, 0.3) is 0 Å². The summed E-state index contributed by atoms with van der Waals surface area (Å²) in [6.07, 6.45) is 3.93. The van der Waals surface area contributed by atoms with Gasteiger partial charge >= 0.3 is 0 Å². The lowest BCUT2D eigenvalue weighted by molar-refractivity contribution is 0.918. The Morgan fingerprint density at radius 1 is 1.44 bits per heavy atom. The summed E-state index contributed by atoms with van der Waals surface area (Å²) >= 11 is 1.60. The van der Waals surface area contributed by atoms with Crippen molar-refractivity contribution < 1.29 is 0 Å². The first-order chi connectivity index (χ1) is 7.65. The molecule has 0 saturated carbocycles. The first kappa shape index (κ1) is 11.1. The molecule has 2 rings (SSSR count). The Kier molecular flexibility index (Phi) is 2.96. The minimum Gasteiger partial charge on any atom is -0.279 e. The van der Waals surface area contributed by atoms with Gasteiger partial charge in [-0.2, -0.15) is 5.10 Å². The van der Waals surface area contributed by atoms with Crippen molar-refractivity contribution in [2.24, 2.45) is 4.99 Å². The van der Waals surface area contributed by atoms with Crippen molar-refractivity contribution in [3.63, 3.8) is 0 Å². The summed E-state index contributed by atoms with van der Waals surface area (Å²) in [7, 11) is 1.78. The smallest absolute Gasteiger partial charge is 0.156 e. The van der Waals surface area contributed by atoms with Crippen molar-refractivity contribution in [3.8, 4) is 0 Å². The molecule has 4 nitrogen and oxygen atoms in total. The predicted octanol–water partition coefficient (Wildman–Crippen LogP) is 2.09. The SMILES string of the molecule is CN=C(SC)c1cc(C)c2nc(C)cn2n1. The van der Waals surface area contributed by atoms with Crippen LogP contribution in [0.4, 0.5) is 0 Å². The predicted molar refractivity (Wildman–Crippen MR) is 68.4 cm³/mol. The maximum absolute atomic E-state index is 4.50. The Labute approximate surface area is 98.8 Å². The van der Waals surface area contributed by atoms with Crippen molar-refractivity contribution in [2.75, 3.05) is 13.3 Å².